The minimum atomic E-state index is 0.166. The zero-order valence-electron chi connectivity index (χ0n) is 13.9. The van der Waals surface area contributed by atoms with E-state index in [9.17, 15) is 0 Å². The normalized spacial score (nSPS) is 24.6. The van der Waals surface area contributed by atoms with Crippen LogP contribution in [0, 0.1) is 0 Å². The molecule has 2 N–H and O–H groups in total. The standard InChI is InChI=1S/C18H31N3/c1-4-16(3)21(5-2)18(14-19)11-12-20(15-18)13-17-9-7-6-8-10-17/h6-10,16H,4-5,11-15,19H2,1-3H3. The van der Waals surface area contributed by atoms with Gasteiger partial charge in [-0.1, -0.05) is 44.2 Å². The Kier molecular flexibility index (Phi) is 5.80. The third-order valence-electron chi connectivity index (χ3n) is 5.11. The van der Waals surface area contributed by atoms with Crippen LogP contribution in [0.3, 0.4) is 0 Å². The van der Waals surface area contributed by atoms with E-state index in [1.54, 1.807) is 0 Å². The van der Waals surface area contributed by atoms with Crippen LogP contribution >= 0.6 is 0 Å². The first-order chi connectivity index (χ1) is 10.1. The van der Waals surface area contributed by atoms with Gasteiger partial charge in [0, 0.05) is 37.8 Å². The lowest BCUT2D eigenvalue weighted by atomic mass is 9.93. The summed E-state index contributed by atoms with van der Waals surface area (Å²) < 4.78 is 0. The lowest BCUT2D eigenvalue weighted by molar-refractivity contribution is 0.0629. The maximum atomic E-state index is 6.23. The van der Waals surface area contributed by atoms with Gasteiger partial charge < -0.3 is 5.73 Å². The molecule has 0 aliphatic carbocycles. The van der Waals surface area contributed by atoms with Crippen molar-refractivity contribution in [2.45, 2.75) is 51.7 Å². The predicted octanol–water partition coefficient (Wildman–Crippen LogP) is 2.71. The molecule has 2 unspecified atom stereocenters. The van der Waals surface area contributed by atoms with Gasteiger partial charge in [0.05, 0.1) is 0 Å². The highest BCUT2D eigenvalue weighted by atomic mass is 15.3. The Balaban J connectivity index is 2.06. The van der Waals surface area contributed by atoms with Crippen LogP contribution in [0.25, 0.3) is 0 Å². The Labute approximate surface area is 130 Å². The molecule has 0 saturated carbocycles. The van der Waals surface area contributed by atoms with Gasteiger partial charge in [-0.2, -0.15) is 0 Å². The van der Waals surface area contributed by atoms with Crippen LogP contribution in [-0.2, 0) is 6.54 Å². The monoisotopic (exact) mass is 289 g/mol. The second-order valence-corrected chi connectivity index (χ2v) is 6.42. The maximum absolute atomic E-state index is 6.23. The summed E-state index contributed by atoms with van der Waals surface area (Å²) in [5.74, 6) is 0. The van der Waals surface area contributed by atoms with E-state index in [1.807, 2.05) is 0 Å². The largest absolute Gasteiger partial charge is 0.329 e. The molecular formula is C18H31N3. The number of hydrogen-bond acceptors (Lipinski definition) is 3. The summed E-state index contributed by atoms with van der Waals surface area (Å²) in [6.45, 7) is 12.0. The van der Waals surface area contributed by atoms with Crippen LogP contribution in [-0.4, -0.2) is 47.6 Å². The molecule has 1 aromatic rings. The van der Waals surface area contributed by atoms with Crippen molar-refractivity contribution in [3.05, 3.63) is 35.9 Å². The number of nitrogens with zero attached hydrogens (tertiary/aromatic N) is 2. The lowest BCUT2D eigenvalue weighted by Gasteiger charge is -2.43. The topological polar surface area (TPSA) is 32.5 Å². The molecule has 3 nitrogen and oxygen atoms in total. The van der Waals surface area contributed by atoms with E-state index in [0.29, 0.717) is 6.04 Å². The molecule has 21 heavy (non-hydrogen) atoms. The van der Waals surface area contributed by atoms with Gasteiger partial charge in [0.2, 0.25) is 0 Å². The molecule has 0 amide bonds. The molecule has 3 heteroatoms. The van der Waals surface area contributed by atoms with Crippen molar-refractivity contribution in [3.63, 3.8) is 0 Å². The van der Waals surface area contributed by atoms with Crippen molar-refractivity contribution in [2.24, 2.45) is 5.73 Å². The Morgan fingerprint density at radius 2 is 2.00 bits per heavy atom. The van der Waals surface area contributed by atoms with Gasteiger partial charge in [-0.3, -0.25) is 9.80 Å². The summed E-state index contributed by atoms with van der Waals surface area (Å²) in [4.78, 5) is 5.20. The zero-order valence-corrected chi connectivity index (χ0v) is 13.9. The van der Waals surface area contributed by atoms with Gasteiger partial charge in [-0.15, -0.1) is 0 Å². The van der Waals surface area contributed by atoms with Crippen LogP contribution in [0.2, 0.25) is 0 Å². The maximum Gasteiger partial charge on any atom is 0.0473 e. The summed E-state index contributed by atoms with van der Waals surface area (Å²) in [6.07, 6.45) is 2.38. The molecule has 0 radical (unpaired) electrons. The third kappa shape index (κ3) is 3.65. The van der Waals surface area contributed by atoms with Gasteiger partial charge >= 0.3 is 0 Å². The quantitative estimate of drug-likeness (QED) is 0.837. The van der Waals surface area contributed by atoms with Crippen molar-refractivity contribution in [2.75, 3.05) is 26.2 Å². The average Bonchev–Trinajstić information content (AvgIpc) is 2.93. The molecule has 2 atom stereocenters. The molecule has 0 aromatic heterocycles. The molecule has 2 rings (SSSR count). The van der Waals surface area contributed by atoms with Gasteiger partial charge in [0.25, 0.3) is 0 Å². The molecule has 0 spiro atoms. The Hall–Kier alpha value is -0.900. The van der Waals surface area contributed by atoms with Crippen molar-refractivity contribution in [1.29, 1.82) is 0 Å². The van der Waals surface area contributed by atoms with Crippen molar-refractivity contribution < 1.29 is 0 Å². The third-order valence-corrected chi connectivity index (χ3v) is 5.11. The summed E-state index contributed by atoms with van der Waals surface area (Å²) in [6, 6.07) is 11.4. The fourth-order valence-corrected chi connectivity index (χ4v) is 3.77. The highest BCUT2D eigenvalue weighted by Gasteiger charge is 2.42. The number of hydrogen-bond donors (Lipinski definition) is 1. The molecule has 1 aliphatic rings. The number of benzene rings is 1. The van der Waals surface area contributed by atoms with Crippen molar-refractivity contribution in [3.8, 4) is 0 Å². The number of likely N-dealkylation sites (N-methyl/N-ethyl adjacent to an activating group) is 1. The van der Waals surface area contributed by atoms with Crippen molar-refractivity contribution in [1.82, 2.24) is 9.80 Å². The van der Waals surface area contributed by atoms with Crippen molar-refractivity contribution >= 4 is 0 Å². The van der Waals surface area contributed by atoms with Gasteiger partial charge in [0.15, 0.2) is 0 Å². The van der Waals surface area contributed by atoms with Gasteiger partial charge in [0.1, 0.15) is 0 Å². The van der Waals surface area contributed by atoms with E-state index in [-0.39, 0.29) is 5.54 Å². The smallest absolute Gasteiger partial charge is 0.0473 e. The Morgan fingerprint density at radius 1 is 1.29 bits per heavy atom. The molecule has 1 aromatic carbocycles. The number of nitrogens with two attached hydrogens (primary N) is 1. The fourth-order valence-electron chi connectivity index (χ4n) is 3.77. The number of likely N-dealkylation sites (tertiary alicyclic amines) is 1. The zero-order chi connectivity index (χ0) is 15.3. The van der Waals surface area contributed by atoms with E-state index in [1.165, 1.54) is 18.4 Å². The molecule has 1 fully saturated rings. The first-order valence-corrected chi connectivity index (χ1v) is 8.38. The predicted molar refractivity (Wildman–Crippen MR) is 90.3 cm³/mol. The Morgan fingerprint density at radius 3 is 2.57 bits per heavy atom. The fraction of sp³-hybridized carbons (Fsp3) is 0.667. The molecular weight excluding hydrogens is 258 g/mol. The van der Waals surface area contributed by atoms with Crippen LogP contribution in [0.5, 0.6) is 0 Å². The Bertz CT molecular complexity index is 420. The summed E-state index contributed by atoms with van der Waals surface area (Å²) >= 11 is 0. The van der Waals surface area contributed by atoms with E-state index < -0.39 is 0 Å². The highest BCUT2D eigenvalue weighted by Crippen LogP contribution is 2.30. The van der Waals surface area contributed by atoms with Gasteiger partial charge in [-0.05, 0) is 31.9 Å². The number of rotatable bonds is 7. The highest BCUT2D eigenvalue weighted by molar-refractivity contribution is 5.15. The van der Waals surface area contributed by atoms with E-state index in [0.717, 1.165) is 32.7 Å². The first kappa shape index (κ1) is 16.5. The second kappa shape index (κ2) is 7.39. The molecule has 118 valence electrons. The van der Waals surface area contributed by atoms with Crippen LogP contribution in [0.1, 0.15) is 39.2 Å². The first-order valence-electron chi connectivity index (χ1n) is 8.38. The van der Waals surface area contributed by atoms with E-state index in [4.69, 9.17) is 5.73 Å². The minimum Gasteiger partial charge on any atom is -0.329 e. The molecule has 1 aliphatic heterocycles. The second-order valence-electron chi connectivity index (χ2n) is 6.42. The van der Waals surface area contributed by atoms with Gasteiger partial charge in [-0.25, -0.2) is 0 Å². The minimum absolute atomic E-state index is 0.166. The summed E-state index contributed by atoms with van der Waals surface area (Å²) in [5.41, 5.74) is 7.79. The van der Waals surface area contributed by atoms with Crippen LogP contribution in [0.4, 0.5) is 0 Å². The molecule has 0 bridgehead atoms. The summed E-state index contributed by atoms with van der Waals surface area (Å²) in [5, 5.41) is 0. The van der Waals surface area contributed by atoms with E-state index in [2.05, 4.69) is 60.9 Å². The summed E-state index contributed by atoms with van der Waals surface area (Å²) in [7, 11) is 0. The average molecular weight is 289 g/mol. The molecule has 1 saturated heterocycles. The van der Waals surface area contributed by atoms with Crippen LogP contribution in [0.15, 0.2) is 30.3 Å². The molecule has 1 heterocycles. The van der Waals surface area contributed by atoms with Crippen LogP contribution < -0.4 is 5.73 Å². The van der Waals surface area contributed by atoms with E-state index >= 15 is 0 Å². The lowest BCUT2D eigenvalue weighted by Crippen LogP contribution is -2.58. The SMILES string of the molecule is CCC(C)N(CC)C1(CN)CCN(Cc2ccccc2)C1.